The molecule has 6 heteroatoms. The van der Waals surface area contributed by atoms with Crippen molar-refractivity contribution >= 4 is 17.6 Å². The minimum atomic E-state index is -0.824. The third-order valence-corrected chi connectivity index (χ3v) is 2.25. The Morgan fingerprint density at radius 2 is 2.29 bits per heavy atom. The SMILES string of the molecule is CCCN(C)c1cc(NCCC(=O)O)ncn1. The molecule has 0 aliphatic carbocycles. The lowest BCUT2D eigenvalue weighted by Gasteiger charge is -2.17. The molecule has 1 aromatic heterocycles. The van der Waals surface area contributed by atoms with Gasteiger partial charge in [0, 0.05) is 26.2 Å². The van der Waals surface area contributed by atoms with Gasteiger partial charge in [-0.05, 0) is 6.42 Å². The quantitative estimate of drug-likeness (QED) is 0.743. The van der Waals surface area contributed by atoms with Crippen LogP contribution in [0.25, 0.3) is 0 Å². The van der Waals surface area contributed by atoms with Crippen molar-refractivity contribution in [3.05, 3.63) is 12.4 Å². The second kappa shape index (κ2) is 6.67. The molecule has 6 nitrogen and oxygen atoms in total. The second-order valence-electron chi connectivity index (χ2n) is 3.75. The molecule has 0 unspecified atom stereocenters. The van der Waals surface area contributed by atoms with Gasteiger partial charge in [0.2, 0.25) is 0 Å². The Kier molecular flexibility index (Phi) is 5.19. The smallest absolute Gasteiger partial charge is 0.305 e. The molecule has 0 aliphatic heterocycles. The molecular weight excluding hydrogens is 220 g/mol. The topological polar surface area (TPSA) is 78.4 Å². The van der Waals surface area contributed by atoms with Crippen molar-refractivity contribution in [1.29, 1.82) is 0 Å². The Morgan fingerprint density at radius 3 is 2.94 bits per heavy atom. The number of anilines is 2. The Labute approximate surface area is 101 Å². The maximum absolute atomic E-state index is 10.4. The van der Waals surface area contributed by atoms with Crippen LogP contribution in [0.1, 0.15) is 19.8 Å². The van der Waals surface area contributed by atoms with Gasteiger partial charge >= 0.3 is 5.97 Å². The summed E-state index contributed by atoms with van der Waals surface area (Å²) in [6.07, 6.45) is 2.59. The van der Waals surface area contributed by atoms with E-state index in [4.69, 9.17) is 5.11 Å². The first kappa shape index (κ1) is 13.2. The molecule has 0 saturated carbocycles. The number of hydrogen-bond donors (Lipinski definition) is 2. The van der Waals surface area contributed by atoms with Crippen molar-refractivity contribution in [3.63, 3.8) is 0 Å². The number of hydrogen-bond acceptors (Lipinski definition) is 5. The fourth-order valence-corrected chi connectivity index (χ4v) is 1.40. The van der Waals surface area contributed by atoms with Crippen molar-refractivity contribution < 1.29 is 9.90 Å². The zero-order chi connectivity index (χ0) is 12.7. The number of nitrogens with one attached hydrogen (secondary N) is 1. The highest BCUT2D eigenvalue weighted by Gasteiger charge is 2.03. The number of nitrogens with zero attached hydrogens (tertiary/aromatic N) is 3. The lowest BCUT2D eigenvalue weighted by Crippen LogP contribution is -2.19. The first-order valence-electron chi connectivity index (χ1n) is 5.62. The summed E-state index contributed by atoms with van der Waals surface area (Å²) in [5, 5.41) is 11.5. The first-order chi connectivity index (χ1) is 8.13. The van der Waals surface area contributed by atoms with Gasteiger partial charge in [-0.25, -0.2) is 9.97 Å². The van der Waals surface area contributed by atoms with Crippen LogP contribution < -0.4 is 10.2 Å². The van der Waals surface area contributed by atoms with E-state index in [2.05, 4.69) is 22.2 Å². The van der Waals surface area contributed by atoms with Crippen LogP contribution in [-0.2, 0) is 4.79 Å². The minimum absolute atomic E-state index is 0.0735. The average Bonchev–Trinajstić information content (AvgIpc) is 2.29. The monoisotopic (exact) mass is 238 g/mol. The molecule has 2 N–H and O–H groups in total. The predicted molar refractivity (Wildman–Crippen MR) is 66.3 cm³/mol. The van der Waals surface area contributed by atoms with Crippen molar-refractivity contribution in [2.24, 2.45) is 0 Å². The average molecular weight is 238 g/mol. The summed E-state index contributed by atoms with van der Waals surface area (Å²) in [5.74, 6) is 0.661. The van der Waals surface area contributed by atoms with Gasteiger partial charge in [-0.1, -0.05) is 6.92 Å². The maximum Gasteiger partial charge on any atom is 0.305 e. The Morgan fingerprint density at radius 1 is 1.53 bits per heavy atom. The fraction of sp³-hybridized carbons (Fsp3) is 0.545. The first-order valence-corrected chi connectivity index (χ1v) is 5.62. The van der Waals surface area contributed by atoms with Gasteiger partial charge in [0.25, 0.3) is 0 Å². The number of aromatic nitrogens is 2. The minimum Gasteiger partial charge on any atom is -0.481 e. The van der Waals surface area contributed by atoms with Crippen LogP contribution in [-0.4, -0.2) is 41.2 Å². The Balaban J connectivity index is 2.56. The van der Waals surface area contributed by atoms with Crippen LogP contribution in [0.3, 0.4) is 0 Å². The van der Waals surface area contributed by atoms with E-state index in [9.17, 15) is 4.79 Å². The maximum atomic E-state index is 10.4. The van der Waals surface area contributed by atoms with E-state index < -0.39 is 5.97 Å². The standard InChI is InChI=1S/C11H18N4O2/c1-3-6-15(2)10-7-9(13-8-14-10)12-5-4-11(16)17/h7-8H,3-6H2,1-2H3,(H,16,17)(H,12,13,14). The lowest BCUT2D eigenvalue weighted by atomic mass is 10.4. The fourth-order valence-electron chi connectivity index (χ4n) is 1.40. The number of carbonyl (C=O) groups is 1. The van der Waals surface area contributed by atoms with Gasteiger partial charge in [-0.3, -0.25) is 4.79 Å². The summed E-state index contributed by atoms with van der Waals surface area (Å²) in [5.41, 5.74) is 0. The largest absolute Gasteiger partial charge is 0.481 e. The van der Waals surface area contributed by atoms with Crippen LogP contribution in [0.4, 0.5) is 11.6 Å². The summed E-state index contributed by atoms with van der Waals surface area (Å²) in [7, 11) is 1.97. The van der Waals surface area contributed by atoms with Gasteiger partial charge in [0.05, 0.1) is 6.42 Å². The lowest BCUT2D eigenvalue weighted by molar-refractivity contribution is -0.136. The van der Waals surface area contributed by atoms with E-state index in [0.717, 1.165) is 18.8 Å². The van der Waals surface area contributed by atoms with Gasteiger partial charge in [-0.2, -0.15) is 0 Å². The summed E-state index contributed by atoms with van der Waals surface area (Å²) < 4.78 is 0. The third kappa shape index (κ3) is 4.67. The van der Waals surface area contributed by atoms with Crippen molar-refractivity contribution in [2.75, 3.05) is 30.4 Å². The molecule has 0 saturated heterocycles. The van der Waals surface area contributed by atoms with Gasteiger partial charge < -0.3 is 15.3 Å². The van der Waals surface area contributed by atoms with E-state index in [1.807, 2.05) is 18.0 Å². The zero-order valence-electron chi connectivity index (χ0n) is 10.2. The molecule has 0 bridgehead atoms. The van der Waals surface area contributed by atoms with E-state index in [1.165, 1.54) is 6.33 Å². The van der Waals surface area contributed by atoms with E-state index in [0.29, 0.717) is 12.4 Å². The van der Waals surface area contributed by atoms with Crippen LogP contribution in [0.2, 0.25) is 0 Å². The molecule has 94 valence electrons. The second-order valence-corrected chi connectivity index (χ2v) is 3.75. The van der Waals surface area contributed by atoms with Crippen LogP contribution in [0.5, 0.6) is 0 Å². The Hall–Kier alpha value is -1.85. The molecule has 0 aromatic carbocycles. The van der Waals surface area contributed by atoms with Crippen LogP contribution in [0.15, 0.2) is 12.4 Å². The summed E-state index contributed by atoms with van der Waals surface area (Å²) >= 11 is 0. The summed E-state index contributed by atoms with van der Waals surface area (Å²) in [6.45, 7) is 3.39. The molecule has 0 amide bonds. The molecule has 0 fully saturated rings. The molecule has 0 radical (unpaired) electrons. The molecule has 1 heterocycles. The number of aliphatic carboxylic acids is 1. The molecule has 0 atom stereocenters. The van der Waals surface area contributed by atoms with E-state index >= 15 is 0 Å². The number of carboxylic acids is 1. The van der Waals surface area contributed by atoms with Gasteiger partial charge in [0.15, 0.2) is 0 Å². The van der Waals surface area contributed by atoms with E-state index in [-0.39, 0.29) is 6.42 Å². The van der Waals surface area contributed by atoms with Gasteiger partial charge in [-0.15, -0.1) is 0 Å². The molecule has 1 aromatic rings. The molecule has 17 heavy (non-hydrogen) atoms. The van der Waals surface area contributed by atoms with Crippen molar-refractivity contribution in [2.45, 2.75) is 19.8 Å². The molecule has 1 rings (SSSR count). The number of rotatable bonds is 7. The van der Waals surface area contributed by atoms with Crippen LogP contribution >= 0.6 is 0 Å². The molecule has 0 spiro atoms. The van der Waals surface area contributed by atoms with Crippen LogP contribution in [0, 0.1) is 0 Å². The number of carboxylic acid groups (broad SMARTS) is 1. The predicted octanol–water partition coefficient (Wildman–Crippen LogP) is 1.21. The Bertz CT molecular complexity index is 370. The summed E-state index contributed by atoms with van der Waals surface area (Å²) in [4.78, 5) is 20.6. The molecular formula is C11H18N4O2. The highest BCUT2D eigenvalue weighted by molar-refractivity contribution is 5.67. The van der Waals surface area contributed by atoms with Crippen molar-refractivity contribution in [3.8, 4) is 0 Å². The van der Waals surface area contributed by atoms with Gasteiger partial charge in [0.1, 0.15) is 18.0 Å². The highest BCUT2D eigenvalue weighted by Crippen LogP contribution is 2.12. The highest BCUT2D eigenvalue weighted by atomic mass is 16.4. The third-order valence-electron chi connectivity index (χ3n) is 2.25. The van der Waals surface area contributed by atoms with Crippen molar-refractivity contribution in [1.82, 2.24) is 9.97 Å². The normalized spacial score (nSPS) is 10.0. The summed E-state index contributed by atoms with van der Waals surface area (Å²) in [6, 6.07) is 1.82. The molecule has 0 aliphatic rings. The van der Waals surface area contributed by atoms with E-state index in [1.54, 1.807) is 0 Å². The zero-order valence-corrected chi connectivity index (χ0v) is 10.2.